The Morgan fingerprint density at radius 1 is 1.17 bits per heavy atom. The molecule has 4 nitrogen and oxygen atoms in total. The maximum atomic E-state index is 11.8. The van der Waals surface area contributed by atoms with E-state index in [2.05, 4.69) is 4.74 Å². The van der Waals surface area contributed by atoms with E-state index >= 15 is 0 Å². The quantitative estimate of drug-likeness (QED) is 0.342. The minimum Gasteiger partial charge on any atom is -0.490 e. The molecule has 0 heterocycles. The molecule has 0 aliphatic carbocycles. The van der Waals surface area contributed by atoms with Crippen molar-refractivity contribution in [1.82, 2.24) is 0 Å². The summed E-state index contributed by atoms with van der Waals surface area (Å²) in [6.07, 6.45) is 1.21. The molecular weight excluding hydrogens is 252 g/mol. The number of hydrogen-bond acceptors (Lipinski definition) is 5. The molecule has 1 rings (SSSR count). The van der Waals surface area contributed by atoms with Gasteiger partial charge in [-0.2, -0.15) is 0 Å². The molecule has 0 spiro atoms. The second-order valence-corrected chi connectivity index (χ2v) is 4.25. The maximum absolute atomic E-state index is 11.8. The zero-order valence-corrected chi connectivity index (χ0v) is 11.0. The van der Waals surface area contributed by atoms with Gasteiger partial charge in [0, 0.05) is 5.56 Å². The van der Waals surface area contributed by atoms with Crippen LogP contribution in [0.1, 0.15) is 10.4 Å². The van der Waals surface area contributed by atoms with Gasteiger partial charge in [-0.3, -0.25) is 4.79 Å². The molecule has 0 fully saturated rings. The Hall–Kier alpha value is -1.75. The average Bonchev–Trinajstić information content (AvgIpc) is 2.43. The summed E-state index contributed by atoms with van der Waals surface area (Å²) in [6, 6.07) is 8.96. The number of methoxy groups -OCH3 is 2. The highest BCUT2D eigenvalue weighted by atomic mass is 32.2. The van der Waals surface area contributed by atoms with Crippen molar-refractivity contribution in [2.45, 2.75) is 0 Å². The first-order chi connectivity index (χ1) is 8.67. The summed E-state index contributed by atoms with van der Waals surface area (Å²) in [5, 5.41) is 0.353. The number of carbonyl (C=O) groups excluding carboxylic acids is 2. The predicted molar refractivity (Wildman–Crippen MR) is 70.3 cm³/mol. The molecule has 0 saturated carbocycles. The summed E-state index contributed by atoms with van der Waals surface area (Å²) < 4.78 is 9.46. The molecule has 0 bridgehead atoms. The minimum absolute atomic E-state index is 0.0200. The van der Waals surface area contributed by atoms with Crippen LogP contribution in [-0.2, 0) is 14.3 Å². The third kappa shape index (κ3) is 4.63. The molecule has 96 valence electrons. The lowest BCUT2D eigenvalue weighted by molar-refractivity contribution is -0.135. The summed E-state index contributed by atoms with van der Waals surface area (Å²) in [4.78, 5) is 22.8. The summed E-state index contributed by atoms with van der Waals surface area (Å²) in [6.45, 7) is 0. The van der Waals surface area contributed by atoms with Gasteiger partial charge in [-0.15, -0.1) is 0 Å². The smallest absolute Gasteiger partial charge is 0.334 e. The lowest BCUT2D eigenvalue weighted by Crippen LogP contribution is -2.03. The molecule has 1 aromatic carbocycles. The molecule has 0 saturated heterocycles. The minimum atomic E-state index is -0.508. The number of thioether (sulfide) groups is 1. The summed E-state index contributed by atoms with van der Waals surface area (Å²) >= 11 is 1.16. The van der Waals surface area contributed by atoms with Crippen LogP contribution in [0, 0.1) is 0 Å². The topological polar surface area (TPSA) is 52.6 Å². The van der Waals surface area contributed by atoms with Crippen molar-refractivity contribution in [3.63, 3.8) is 0 Å². The van der Waals surface area contributed by atoms with E-state index in [1.54, 1.807) is 24.3 Å². The van der Waals surface area contributed by atoms with Crippen molar-refractivity contribution in [2.75, 3.05) is 20.0 Å². The molecule has 0 N–H and O–H groups in total. The van der Waals surface area contributed by atoms with Gasteiger partial charge in [0.25, 0.3) is 0 Å². The van der Waals surface area contributed by atoms with Crippen molar-refractivity contribution in [3.8, 4) is 0 Å². The van der Waals surface area contributed by atoms with Crippen LogP contribution >= 0.6 is 11.8 Å². The van der Waals surface area contributed by atoms with Crippen molar-refractivity contribution in [3.05, 3.63) is 47.1 Å². The van der Waals surface area contributed by atoms with Crippen LogP contribution in [0.4, 0.5) is 0 Å². The maximum Gasteiger partial charge on any atom is 0.334 e. The molecule has 0 aliphatic rings. The highest BCUT2D eigenvalue weighted by molar-refractivity contribution is 8.03. The first-order valence-corrected chi connectivity index (χ1v) is 6.20. The van der Waals surface area contributed by atoms with Crippen molar-refractivity contribution < 1.29 is 19.1 Å². The average molecular weight is 266 g/mol. The lowest BCUT2D eigenvalue weighted by Gasteiger charge is -2.04. The van der Waals surface area contributed by atoms with Crippen molar-refractivity contribution in [2.24, 2.45) is 0 Å². The zero-order valence-electron chi connectivity index (χ0n) is 10.2. The van der Waals surface area contributed by atoms with Gasteiger partial charge in [-0.25, -0.2) is 4.79 Å². The van der Waals surface area contributed by atoms with Crippen LogP contribution < -0.4 is 0 Å². The van der Waals surface area contributed by atoms with Gasteiger partial charge in [0.2, 0.25) is 0 Å². The van der Waals surface area contributed by atoms with Crippen LogP contribution in [-0.4, -0.2) is 31.7 Å². The number of esters is 1. The molecule has 0 unspecified atom stereocenters. The third-order valence-corrected chi connectivity index (χ3v) is 3.05. The van der Waals surface area contributed by atoms with E-state index in [1.165, 1.54) is 20.3 Å². The molecule has 1 aromatic rings. The fourth-order valence-corrected chi connectivity index (χ4v) is 1.90. The second-order valence-electron chi connectivity index (χ2n) is 3.27. The Kier molecular flexibility index (Phi) is 6.00. The van der Waals surface area contributed by atoms with E-state index in [-0.39, 0.29) is 11.5 Å². The van der Waals surface area contributed by atoms with E-state index in [9.17, 15) is 9.59 Å². The van der Waals surface area contributed by atoms with Crippen LogP contribution in [0.2, 0.25) is 0 Å². The van der Waals surface area contributed by atoms with Crippen LogP contribution in [0.25, 0.3) is 0 Å². The van der Waals surface area contributed by atoms with Gasteiger partial charge in [0.1, 0.15) is 0 Å². The van der Waals surface area contributed by atoms with E-state index in [1.807, 2.05) is 6.07 Å². The molecular formula is C13H14O4S. The molecule has 0 radical (unpaired) electrons. The monoisotopic (exact) mass is 266 g/mol. The zero-order chi connectivity index (χ0) is 13.4. The number of Topliss-reactive ketones (excluding diaryl/α,β-unsaturated/α-hetero) is 1. The largest absolute Gasteiger partial charge is 0.490 e. The molecule has 0 aliphatic heterocycles. The summed E-state index contributed by atoms with van der Waals surface area (Å²) in [5.74, 6) is -0.319. The SMILES string of the molecule is COC(=O)C=C(OC)SCC(=O)c1ccccc1. The Labute approximate surface area is 110 Å². The van der Waals surface area contributed by atoms with Gasteiger partial charge in [-0.1, -0.05) is 42.1 Å². The van der Waals surface area contributed by atoms with Gasteiger partial charge < -0.3 is 9.47 Å². The number of carbonyl (C=O) groups is 2. The van der Waals surface area contributed by atoms with E-state index in [0.717, 1.165) is 11.8 Å². The predicted octanol–water partition coefficient (Wildman–Crippen LogP) is 2.26. The van der Waals surface area contributed by atoms with Gasteiger partial charge in [0.05, 0.1) is 26.0 Å². The van der Waals surface area contributed by atoms with Crippen LogP contribution in [0.5, 0.6) is 0 Å². The fourth-order valence-electron chi connectivity index (χ4n) is 1.16. The van der Waals surface area contributed by atoms with Gasteiger partial charge in [0.15, 0.2) is 10.9 Å². The molecule has 0 amide bonds. The van der Waals surface area contributed by atoms with Crippen molar-refractivity contribution in [1.29, 1.82) is 0 Å². The molecule has 5 heteroatoms. The Morgan fingerprint density at radius 3 is 2.39 bits per heavy atom. The van der Waals surface area contributed by atoms with Crippen LogP contribution in [0.15, 0.2) is 41.5 Å². The first-order valence-electron chi connectivity index (χ1n) is 5.22. The molecule has 0 aromatic heterocycles. The molecule has 18 heavy (non-hydrogen) atoms. The number of benzene rings is 1. The van der Waals surface area contributed by atoms with Crippen LogP contribution in [0.3, 0.4) is 0 Å². The standard InChI is InChI=1S/C13H14O4S/c1-16-12(15)8-13(17-2)18-9-11(14)10-6-4-3-5-7-10/h3-8H,9H2,1-2H3. The number of rotatable bonds is 6. The Bertz CT molecular complexity index is 440. The fraction of sp³-hybridized carbons (Fsp3) is 0.231. The number of ether oxygens (including phenoxy) is 2. The molecule has 0 atom stereocenters. The van der Waals surface area contributed by atoms with E-state index in [4.69, 9.17) is 4.74 Å². The number of hydrogen-bond donors (Lipinski definition) is 0. The highest BCUT2D eigenvalue weighted by Gasteiger charge is 2.09. The Morgan fingerprint density at radius 2 is 1.83 bits per heavy atom. The lowest BCUT2D eigenvalue weighted by atomic mass is 10.2. The third-order valence-electron chi connectivity index (χ3n) is 2.08. The van der Waals surface area contributed by atoms with E-state index in [0.29, 0.717) is 10.7 Å². The Balaban J connectivity index is 2.56. The van der Waals surface area contributed by atoms with Gasteiger partial charge in [-0.05, 0) is 0 Å². The highest BCUT2D eigenvalue weighted by Crippen LogP contribution is 2.18. The normalized spacial score (nSPS) is 10.9. The summed E-state index contributed by atoms with van der Waals surface area (Å²) in [5.41, 5.74) is 0.638. The second kappa shape index (κ2) is 7.55. The summed E-state index contributed by atoms with van der Waals surface area (Å²) in [7, 11) is 2.72. The van der Waals surface area contributed by atoms with Gasteiger partial charge >= 0.3 is 5.97 Å². The van der Waals surface area contributed by atoms with Crippen molar-refractivity contribution >= 4 is 23.5 Å². The first kappa shape index (κ1) is 14.3. The van der Waals surface area contributed by atoms with E-state index < -0.39 is 5.97 Å². The number of ketones is 1.